The zero-order valence-electron chi connectivity index (χ0n) is 18.0. The number of esters is 3. The molecule has 1 amide bonds. The smallest absolute Gasteiger partial charge is 0.303 e. The molecule has 0 aromatic carbocycles. The maximum Gasteiger partial charge on any atom is 0.303 e. The van der Waals surface area contributed by atoms with E-state index in [9.17, 15) is 24.0 Å². The maximum absolute atomic E-state index is 11.8. The molecule has 1 fully saturated rings. The highest BCUT2D eigenvalue weighted by atomic mass is 16.7. The third kappa shape index (κ3) is 9.75. The summed E-state index contributed by atoms with van der Waals surface area (Å²) < 4.78 is 27.1. The lowest BCUT2D eigenvalue weighted by Gasteiger charge is -2.44. The van der Waals surface area contributed by atoms with E-state index in [2.05, 4.69) is 5.32 Å². The first-order chi connectivity index (χ1) is 14.5. The summed E-state index contributed by atoms with van der Waals surface area (Å²) >= 11 is 0. The van der Waals surface area contributed by atoms with Gasteiger partial charge in [-0.15, -0.1) is 0 Å². The molecule has 12 heteroatoms. The summed E-state index contributed by atoms with van der Waals surface area (Å²) in [7, 11) is 0. The van der Waals surface area contributed by atoms with Crippen molar-refractivity contribution in [2.75, 3.05) is 13.2 Å². The van der Waals surface area contributed by atoms with Crippen molar-refractivity contribution in [2.45, 2.75) is 77.6 Å². The molecule has 12 nitrogen and oxygen atoms in total. The number of ether oxygens (including phenoxy) is 5. The molecule has 1 rings (SSSR count). The van der Waals surface area contributed by atoms with Gasteiger partial charge in [0.2, 0.25) is 5.91 Å². The van der Waals surface area contributed by atoms with E-state index < -0.39 is 60.4 Å². The lowest BCUT2D eigenvalue weighted by Crippen LogP contribution is -2.66. The molecule has 0 spiro atoms. The molecule has 1 aliphatic heterocycles. The average Bonchev–Trinajstić information content (AvgIpc) is 2.62. The van der Waals surface area contributed by atoms with E-state index in [1.807, 2.05) is 0 Å². The Labute approximate surface area is 179 Å². The number of aliphatic carboxylic acids is 1. The Morgan fingerprint density at radius 3 is 2.03 bits per heavy atom. The van der Waals surface area contributed by atoms with E-state index in [0.29, 0.717) is 12.8 Å². The van der Waals surface area contributed by atoms with E-state index >= 15 is 0 Å². The molecule has 0 saturated carbocycles. The Morgan fingerprint density at radius 1 is 0.903 bits per heavy atom. The lowest BCUT2D eigenvalue weighted by atomic mass is 9.96. The van der Waals surface area contributed by atoms with Crippen LogP contribution in [0.3, 0.4) is 0 Å². The van der Waals surface area contributed by atoms with Gasteiger partial charge in [0, 0.05) is 40.7 Å². The van der Waals surface area contributed by atoms with Gasteiger partial charge >= 0.3 is 23.9 Å². The van der Waals surface area contributed by atoms with Crippen molar-refractivity contribution in [1.29, 1.82) is 0 Å². The van der Waals surface area contributed by atoms with Crippen molar-refractivity contribution in [2.24, 2.45) is 0 Å². The largest absolute Gasteiger partial charge is 0.481 e. The van der Waals surface area contributed by atoms with Crippen molar-refractivity contribution in [3.05, 3.63) is 0 Å². The maximum atomic E-state index is 11.8. The second-order valence-corrected chi connectivity index (χ2v) is 6.94. The van der Waals surface area contributed by atoms with Crippen LogP contribution < -0.4 is 5.32 Å². The molecular weight excluding hydrogens is 418 g/mol. The molecule has 176 valence electrons. The molecule has 0 aromatic heterocycles. The van der Waals surface area contributed by atoms with Crippen LogP contribution >= 0.6 is 0 Å². The van der Waals surface area contributed by atoms with Gasteiger partial charge in [0.15, 0.2) is 18.5 Å². The van der Waals surface area contributed by atoms with Crippen LogP contribution in [0.15, 0.2) is 0 Å². The van der Waals surface area contributed by atoms with Crippen molar-refractivity contribution in [1.82, 2.24) is 5.32 Å². The third-order valence-electron chi connectivity index (χ3n) is 4.14. The fraction of sp³-hybridized carbons (Fsp3) is 0.737. The Morgan fingerprint density at radius 2 is 1.52 bits per heavy atom. The van der Waals surface area contributed by atoms with Crippen LogP contribution in [0.1, 0.15) is 47.0 Å². The van der Waals surface area contributed by atoms with Gasteiger partial charge in [-0.2, -0.15) is 0 Å². The minimum Gasteiger partial charge on any atom is -0.481 e. The van der Waals surface area contributed by atoms with Gasteiger partial charge in [-0.25, -0.2) is 0 Å². The van der Waals surface area contributed by atoms with Gasteiger partial charge in [0.25, 0.3) is 0 Å². The average molecular weight is 447 g/mol. The van der Waals surface area contributed by atoms with Crippen molar-refractivity contribution >= 4 is 29.8 Å². The standard InChI is InChI=1S/C19H29NO11/c1-10(21)20-16-18(30-13(4)24)17(29-12(3)23)14(9-28-11(2)22)31-19(16)27-8-6-5-7-15(25)26/h14,16-19H,5-9H2,1-4H3,(H,20,21)(H,25,26)/t14?,16?,17-,18?,19?/m0/s1. The highest BCUT2D eigenvalue weighted by molar-refractivity contribution is 5.73. The molecule has 0 bridgehead atoms. The normalized spacial score (nSPS) is 25.2. The van der Waals surface area contributed by atoms with Crippen molar-refractivity contribution in [3.8, 4) is 0 Å². The molecule has 1 aliphatic rings. The predicted molar refractivity (Wildman–Crippen MR) is 101 cm³/mol. The van der Waals surface area contributed by atoms with Gasteiger partial charge in [-0.3, -0.25) is 24.0 Å². The number of carboxylic acid groups (broad SMARTS) is 1. The monoisotopic (exact) mass is 447 g/mol. The molecule has 0 aromatic rings. The summed E-state index contributed by atoms with van der Waals surface area (Å²) in [5.74, 6) is -3.43. The molecule has 2 N–H and O–H groups in total. The molecule has 0 radical (unpaired) electrons. The van der Waals surface area contributed by atoms with Crippen molar-refractivity contribution in [3.63, 3.8) is 0 Å². The first-order valence-corrected chi connectivity index (χ1v) is 9.75. The number of carbonyl (C=O) groups excluding carboxylic acids is 4. The van der Waals surface area contributed by atoms with Gasteiger partial charge in [-0.1, -0.05) is 0 Å². The summed E-state index contributed by atoms with van der Waals surface area (Å²) in [5.41, 5.74) is 0. The number of carbonyl (C=O) groups is 5. The van der Waals surface area contributed by atoms with E-state index in [4.69, 9.17) is 28.8 Å². The number of nitrogens with one attached hydrogen (secondary N) is 1. The number of unbranched alkanes of at least 4 members (excludes halogenated alkanes) is 1. The van der Waals surface area contributed by atoms with Crippen LogP contribution in [0.25, 0.3) is 0 Å². The molecular formula is C19H29NO11. The summed E-state index contributed by atoms with van der Waals surface area (Å²) in [4.78, 5) is 57.0. The fourth-order valence-electron chi connectivity index (χ4n) is 3.01. The molecule has 0 aliphatic carbocycles. The summed E-state index contributed by atoms with van der Waals surface area (Å²) in [6.45, 7) is 4.47. The Balaban J connectivity index is 3.11. The highest BCUT2D eigenvalue weighted by Crippen LogP contribution is 2.28. The zero-order chi connectivity index (χ0) is 23.6. The van der Waals surface area contributed by atoms with Crippen LogP contribution in [-0.4, -0.2) is 78.7 Å². The lowest BCUT2D eigenvalue weighted by molar-refractivity contribution is -0.277. The van der Waals surface area contributed by atoms with Gasteiger partial charge in [0.05, 0.1) is 0 Å². The van der Waals surface area contributed by atoms with Gasteiger partial charge in [-0.05, 0) is 12.8 Å². The van der Waals surface area contributed by atoms with E-state index in [1.54, 1.807) is 0 Å². The van der Waals surface area contributed by atoms with E-state index in [-0.39, 0.29) is 19.6 Å². The zero-order valence-corrected chi connectivity index (χ0v) is 18.0. The van der Waals surface area contributed by atoms with Crippen LogP contribution in [0, 0.1) is 0 Å². The number of amides is 1. The number of carboxylic acids is 1. The SMILES string of the molecule is CC(=O)NC1C(OCCCCC(=O)O)OC(COC(C)=O)[C@H](OC(C)=O)C1OC(C)=O. The Kier molecular flexibility index (Phi) is 10.9. The molecule has 5 atom stereocenters. The van der Waals surface area contributed by atoms with E-state index in [1.165, 1.54) is 13.8 Å². The Hall–Kier alpha value is -2.73. The summed E-state index contributed by atoms with van der Waals surface area (Å²) in [6, 6.07) is -1.04. The highest BCUT2D eigenvalue weighted by Gasteiger charge is 2.51. The molecule has 31 heavy (non-hydrogen) atoms. The number of rotatable bonds is 11. The summed E-state index contributed by atoms with van der Waals surface area (Å²) in [6.07, 6.45) is -3.87. The molecule has 1 heterocycles. The summed E-state index contributed by atoms with van der Waals surface area (Å²) in [5, 5.41) is 11.3. The van der Waals surface area contributed by atoms with Crippen LogP contribution in [0.5, 0.6) is 0 Å². The molecule has 1 saturated heterocycles. The third-order valence-corrected chi connectivity index (χ3v) is 4.14. The minimum absolute atomic E-state index is 0.0380. The fourth-order valence-corrected chi connectivity index (χ4v) is 3.01. The quantitative estimate of drug-likeness (QED) is 0.247. The second-order valence-electron chi connectivity index (χ2n) is 6.94. The minimum atomic E-state index is -1.19. The first-order valence-electron chi connectivity index (χ1n) is 9.75. The second kappa shape index (κ2) is 12.8. The first kappa shape index (κ1) is 26.3. The van der Waals surface area contributed by atoms with Crippen molar-refractivity contribution < 1.29 is 52.8 Å². The van der Waals surface area contributed by atoms with Gasteiger partial charge < -0.3 is 34.1 Å². The topological polar surface area (TPSA) is 164 Å². The van der Waals surface area contributed by atoms with Crippen LogP contribution in [0.2, 0.25) is 0 Å². The number of hydrogen-bond donors (Lipinski definition) is 2. The Bertz CT molecular complexity index is 665. The predicted octanol–water partition coefficient (Wildman–Crippen LogP) is -0.0860. The number of hydrogen-bond acceptors (Lipinski definition) is 10. The van der Waals surface area contributed by atoms with Gasteiger partial charge in [0.1, 0.15) is 18.8 Å². The van der Waals surface area contributed by atoms with Crippen LogP contribution in [0.4, 0.5) is 0 Å². The van der Waals surface area contributed by atoms with Crippen LogP contribution in [-0.2, 0) is 47.7 Å². The van der Waals surface area contributed by atoms with E-state index in [0.717, 1.165) is 13.8 Å². The molecule has 4 unspecified atom stereocenters.